The Morgan fingerprint density at radius 3 is 2.09 bits per heavy atom. The fourth-order valence-electron chi connectivity index (χ4n) is 4.40. The second kappa shape index (κ2) is 7.67. The van der Waals surface area contributed by atoms with Gasteiger partial charge in [-0.25, -0.2) is 15.0 Å². The first-order chi connectivity index (χ1) is 16.2. The van der Waals surface area contributed by atoms with Gasteiger partial charge in [-0.2, -0.15) is 0 Å². The van der Waals surface area contributed by atoms with Gasteiger partial charge in [0.2, 0.25) is 0 Å². The van der Waals surface area contributed by atoms with Crippen LogP contribution in [0.4, 0.5) is 0 Å². The molecule has 0 saturated carbocycles. The highest BCUT2D eigenvalue weighted by Crippen LogP contribution is 2.28. The SMILES string of the molecule is Cc1nc2c(c(=O)n1CCc1ccccc1)c1nc3ccccc3nc1n2-c1ccccc1. The Bertz CT molecular complexity index is 1680. The first-order valence-electron chi connectivity index (χ1n) is 11.0. The first kappa shape index (κ1) is 19.4. The molecular formula is C27H21N5O. The van der Waals surface area contributed by atoms with Crippen LogP contribution >= 0.6 is 0 Å². The van der Waals surface area contributed by atoms with Gasteiger partial charge in [-0.3, -0.25) is 13.9 Å². The van der Waals surface area contributed by atoms with Crippen LogP contribution in [0.2, 0.25) is 0 Å². The average molecular weight is 431 g/mol. The summed E-state index contributed by atoms with van der Waals surface area (Å²) in [4.78, 5) is 28.5. The number of hydrogen-bond donors (Lipinski definition) is 0. The lowest BCUT2D eigenvalue weighted by atomic mass is 10.1. The summed E-state index contributed by atoms with van der Waals surface area (Å²) >= 11 is 0. The van der Waals surface area contributed by atoms with Crippen LogP contribution in [0.5, 0.6) is 0 Å². The second-order valence-electron chi connectivity index (χ2n) is 8.11. The van der Waals surface area contributed by atoms with Gasteiger partial charge in [-0.1, -0.05) is 60.7 Å². The number of nitrogens with zero attached hydrogens (tertiary/aromatic N) is 5. The molecule has 3 heterocycles. The van der Waals surface area contributed by atoms with Gasteiger partial charge in [0.25, 0.3) is 5.56 Å². The number of aromatic nitrogens is 5. The van der Waals surface area contributed by atoms with Gasteiger partial charge >= 0.3 is 0 Å². The van der Waals surface area contributed by atoms with Crippen molar-refractivity contribution in [3.63, 3.8) is 0 Å². The average Bonchev–Trinajstić information content (AvgIpc) is 3.16. The summed E-state index contributed by atoms with van der Waals surface area (Å²) in [6, 6.07) is 27.8. The minimum atomic E-state index is -0.0855. The van der Waals surface area contributed by atoms with Crippen molar-refractivity contribution in [2.45, 2.75) is 19.9 Å². The van der Waals surface area contributed by atoms with E-state index in [-0.39, 0.29) is 5.56 Å². The Kier molecular flexibility index (Phi) is 4.50. The molecule has 0 radical (unpaired) electrons. The maximum absolute atomic E-state index is 13.8. The first-order valence-corrected chi connectivity index (χ1v) is 11.0. The molecule has 3 aromatic carbocycles. The van der Waals surface area contributed by atoms with Gasteiger partial charge in [0.05, 0.1) is 11.0 Å². The summed E-state index contributed by atoms with van der Waals surface area (Å²) in [7, 11) is 0. The predicted octanol–water partition coefficient (Wildman–Crippen LogP) is 4.83. The Labute approximate surface area is 189 Å². The van der Waals surface area contributed by atoms with E-state index in [1.807, 2.05) is 84.3 Å². The molecule has 0 N–H and O–H groups in total. The number of hydrogen-bond acceptors (Lipinski definition) is 4. The molecule has 0 amide bonds. The van der Waals surface area contributed by atoms with Crippen LogP contribution in [0.25, 0.3) is 38.9 Å². The zero-order valence-electron chi connectivity index (χ0n) is 18.1. The number of fused-ring (bicyclic) bond motifs is 4. The molecule has 0 aliphatic rings. The molecule has 0 aliphatic heterocycles. The standard InChI is InChI=1S/C27H21N5O/c1-18-28-25-23(27(33)31(18)17-16-19-10-4-2-5-11-19)24-26(32(25)20-12-6-3-7-13-20)30-22-15-9-8-14-21(22)29-24/h2-15H,16-17H2,1H3. The van der Waals surface area contributed by atoms with Gasteiger partial charge in [-0.15, -0.1) is 0 Å². The lowest BCUT2D eigenvalue weighted by molar-refractivity contribution is 0.637. The van der Waals surface area contributed by atoms with E-state index >= 15 is 0 Å². The molecule has 3 aromatic heterocycles. The monoisotopic (exact) mass is 431 g/mol. The van der Waals surface area contributed by atoms with Crippen LogP contribution in [0.3, 0.4) is 0 Å². The van der Waals surface area contributed by atoms with E-state index in [9.17, 15) is 4.79 Å². The second-order valence-corrected chi connectivity index (χ2v) is 8.11. The van der Waals surface area contributed by atoms with Crippen molar-refractivity contribution in [3.8, 4) is 5.69 Å². The third kappa shape index (κ3) is 3.19. The molecule has 0 saturated heterocycles. The third-order valence-corrected chi connectivity index (χ3v) is 6.03. The fraction of sp³-hybridized carbons (Fsp3) is 0.111. The molecule has 0 fully saturated rings. The molecule has 6 aromatic rings. The van der Waals surface area contributed by atoms with Crippen LogP contribution in [0.1, 0.15) is 11.4 Å². The summed E-state index contributed by atoms with van der Waals surface area (Å²) in [5, 5.41) is 0.505. The highest BCUT2D eigenvalue weighted by Gasteiger charge is 2.22. The van der Waals surface area contributed by atoms with Crippen molar-refractivity contribution >= 4 is 33.2 Å². The highest BCUT2D eigenvalue weighted by atomic mass is 16.1. The molecule has 0 atom stereocenters. The molecule has 6 rings (SSSR count). The number of rotatable bonds is 4. The van der Waals surface area contributed by atoms with Crippen molar-refractivity contribution < 1.29 is 0 Å². The zero-order chi connectivity index (χ0) is 22.4. The van der Waals surface area contributed by atoms with E-state index in [0.717, 1.165) is 23.1 Å². The van der Waals surface area contributed by atoms with Gasteiger partial charge in [-0.05, 0) is 43.2 Å². The van der Waals surface area contributed by atoms with Crippen LogP contribution in [-0.2, 0) is 13.0 Å². The lowest BCUT2D eigenvalue weighted by Gasteiger charge is -2.11. The van der Waals surface area contributed by atoms with Gasteiger partial charge in [0, 0.05) is 12.2 Å². The lowest BCUT2D eigenvalue weighted by Crippen LogP contribution is -2.25. The highest BCUT2D eigenvalue weighted by molar-refractivity contribution is 6.05. The van der Waals surface area contributed by atoms with Crippen LogP contribution in [0, 0.1) is 6.92 Å². The molecule has 6 heteroatoms. The summed E-state index contributed by atoms with van der Waals surface area (Å²) in [6.45, 7) is 2.44. The molecule has 33 heavy (non-hydrogen) atoms. The van der Waals surface area contributed by atoms with Crippen molar-refractivity contribution in [2.24, 2.45) is 0 Å². The van der Waals surface area contributed by atoms with E-state index in [1.165, 1.54) is 5.56 Å². The number of benzene rings is 3. The van der Waals surface area contributed by atoms with E-state index in [1.54, 1.807) is 4.57 Å². The topological polar surface area (TPSA) is 65.6 Å². The smallest absolute Gasteiger partial charge is 0.265 e. The normalized spacial score (nSPS) is 11.5. The summed E-state index contributed by atoms with van der Waals surface area (Å²) in [6.07, 6.45) is 0.751. The van der Waals surface area contributed by atoms with Crippen molar-refractivity contribution in [3.05, 3.63) is 107 Å². The Morgan fingerprint density at radius 2 is 1.36 bits per heavy atom. The van der Waals surface area contributed by atoms with Crippen LogP contribution in [0.15, 0.2) is 89.7 Å². The van der Waals surface area contributed by atoms with Crippen LogP contribution < -0.4 is 5.56 Å². The molecule has 0 spiro atoms. The molecule has 160 valence electrons. The van der Waals surface area contributed by atoms with E-state index in [2.05, 4.69) is 12.1 Å². The minimum absolute atomic E-state index is 0.0855. The van der Waals surface area contributed by atoms with Gasteiger partial charge in [0.15, 0.2) is 11.3 Å². The van der Waals surface area contributed by atoms with Crippen molar-refractivity contribution in [2.75, 3.05) is 0 Å². The molecular weight excluding hydrogens is 410 g/mol. The fourth-order valence-corrected chi connectivity index (χ4v) is 4.40. The summed E-state index contributed by atoms with van der Waals surface area (Å²) < 4.78 is 3.70. The third-order valence-electron chi connectivity index (χ3n) is 6.03. The maximum Gasteiger partial charge on any atom is 0.265 e. The van der Waals surface area contributed by atoms with E-state index < -0.39 is 0 Å². The largest absolute Gasteiger partial charge is 0.296 e. The molecule has 0 aliphatic carbocycles. The van der Waals surface area contributed by atoms with Gasteiger partial charge in [0.1, 0.15) is 16.7 Å². The maximum atomic E-state index is 13.8. The minimum Gasteiger partial charge on any atom is -0.296 e. The van der Waals surface area contributed by atoms with Crippen molar-refractivity contribution in [1.29, 1.82) is 0 Å². The van der Waals surface area contributed by atoms with E-state index in [4.69, 9.17) is 15.0 Å². The summed E-state index contributed by atoms with van der Waals surface area (Å²) in [5.41, 5.74) is 5.34. The Hall–Kier alpha value is -4.32. The zero-order valence-corrected chi connectivity index (χ0v) is 18.1. The predicted molar refractivity (Wildman–Crippen MR) is 131 cm³/mol. The van der Waals surface area contributed by atoms with Gasteiger partial charge < -0.3 is 0 Å². The summed E-state index contributed by atoms with van der Waals surface area (Å²) in [5.74, 6) is 0.674. The van der Waals surface area contributed by atoms with E-state index in [0.29, 0.717) is 34.6 Å². The van der Waals surface area contributed by atoms with Crippen LogP contribution in [-0.4, -0.2) is 24.1 Å². The molecule has 0 unspecified atom stereocenters. The number of aryl methyl sites for hydroxylation is 2. The molecule has 6 nitrogen and oxygen atoms in total. The number of para-hydroxylation sites is 3. The van der Waals surface area contributed by atoms with Crippen molar-refractivity contribution in [1.82, 2.24) is 24.1 Å². The quantitative estimate of drug-likeness (QED) is 0.401. The Morgan fingerprint density at radius 1 is 0.727 bits per heavy atom. The Balaban J connectivity index is 1.65. The molecule has 0 bridgehead atoms.